The van der Waals surface area contributed by atoms with Gasteiger partial charge in [0, 0.05) is 61.8 Å². The third kappa shape index (κ3) is 8.36. The highest BCUT2D eigenvalue weighted by atomic mass is 32.1. The van der Waals surface area contributed by atoms with E-state index < -0.39 is 11.9 Å². The molecule has 1 aliphatic heterocycles. The number of nitrogens with zero attached hydrogens (tertiary/aromatic N) is 5. The highest BCUT2D eigenvalue weighted by Crippen LogP contribution is 2.39. The lowest BCUT2D eigenvalue weighted by molar-refractivity contribution is -0.141. The number of aliphatic imine (C=N–C) groups is 1. The fourth-order valence-corrected chi connectivity index (χ4v) is 6.22. The molecule has 0 spiro atoms. The highest BCUT2D eigenvalue weighted by molar-refractivity contribution is 7.12. The molecule has 41 heavy (non-hydrogen) atoms. The number of hydrogen-bond acceptors (Lipinski definition) is 6. The number of hydrogen-bond donors (Lipinski definition) is 0. The maximum atomic E-state index is 14.3. The zero-order valence-corrected chi connectivity index (χ0v) is 24.6. The molecule has 1 fully saturated rings. The molecule has 2 aromatic heterocycles. The number of aromatic nitrogens is 2. The van der Waals surface area contributed by atoms with E-state index in [2.05, 4.69) is 44.3 Å². The number of thiazole rings is 1. The molecule has 1 aliphatic carbocycles. The van der Waals surface area contributed by atoms with Crippen molar-refractivity contribution in [3.05, 3.63) is 99.5 Å². The first-order valence-corrected chi connectivity index (χ1v) is 15.0. The summed E-state index contributed by atoms with van der Waals surface area (Å²) in [6.45, 7) is 11.6. The van der Waals surface area contributed by atoms with Gasteiger partial charge in [0.05, 0.1) is 0 Å². The Bertz CT molecular complexity index is 1330. The Morgan fingerprint density at radius 3 is 2.61 bits per heavy atom. The SMILES string of the molecule is C=C/C(CN(CC)Cc1ccncc1)=C(\N=CC)c1nc(C(F)(F)F)c(CC2=CC(N3CCCCC3)=CCC=C2)s1. The van der Waals surface area contributed by atoms with Gasteiger partial charge in [-0.15, -0.1) is 11.3 Å². The van der Waals surface area contributed by atoms with Crippen molar-refractivity contribution in [3.63, 3.8) is 0 Å². The average molecular weight is 582 g/mol. The summed E-state index contributed by atoms with van der Waals surface area (Å²) in [6.07, 6.45) is 14.8. The largest absolute Gasteiger partial charge is 0.434 e. The molecule has 0 radical (unpaired) electrons. The third-order valence-electron chi connectivity index (χ3n) is 7.19. The molecule has 0 bridgehead atoms. The van der Waals surface area contributed by atoms with E-state index in [-0.39, 0.29) is 16.3 Å². The number of piperidine rings is 1. The van der Waals surface area contributed by atoms with Crippen LogP contribution in [0.15, 0.2) is 83.3 Å². The second-order valence-corrected chi connectivity index (χ2v) is 11.2. The molecule has 1 saturated heterocycles. The summed E-state index contributed by atoms with van der Waals surface area (Å²) >= 11 is 1.07. The minimum Gasteiger partial charge on any atom is -0.372 e. The van der Waals surface area contributed by atoms with Crippen LogP contribution in [0, 0.1) is 0 Å². The molecule has 2 aromatic rings. The number of likely N-dealkylation sites (tertiary alicyclic amines) is 1. The van der Waals surface area contributed by atoms with Gasteiger partial charge in [-0.2, -0.15) is 13.2 Å². The summed E-state index contributed by atoms with van der Waals surface area (Å²) < 4.78 is 42.9. The zero-order chi connectivity index (χ0) is 29.2. The van der Waals surface area contributed by atoms with Gasteiger partial charge in [0.1, 0.15) is 10.7 Å². The Balaban J connectivity index is 1.67. The van der Waals surface area contributed by atoms with Crippen molar-refractivity contribution in [2.24, 2.45) is 4.99 Å². The van der Waals surface area contributed by atoms with Crippen molar-refractivity contribution in [3.8, 4) is 0 Å². The van der Waals surface area contributed by atoms with Crippen molar-refractivity contribution in [2.75, 3.05) is 26.2 Å². The number of rotatable bonds is 11. The lowest BCUT2D eigenvalue weighted by Gasteiger charge is -2.30. The lowest BCUT2D eigenvalue weighted by Crippen LogP contribution is -2.28. The molecule has 0 saturated carbocycles. The van der Waals surface area contributed by atoms with Gasteiger partial charge in [-0.1, -0.05) is 37.8 Å². The molecule has 3 heterocycles. The highest BCUT2D eigenvalue weighted by Gasteiger charge is 2.38. The Kier molecular flexibility index (Phi) is 10.9. The average Bonchev–Trinajstić information content (AvgIpc) is 3.26. The maximum Gasteiger partial charge on any atom is 0.434 e. The molecular weight excluding hydrogens is 543 g/mol. The van der Waals surface area contributed by atoms with Gasteiger partial charge in [0.25, 0.3) is 0 Å². The minimum atomic E-state index is -4.57. The van der Waals surface area contributed by atoms with E-state index in [4.69, 9.17) is 0 Å². The zero-order valence-electron chi connectivity index (χ0n) is 23.8. The number of halogens is 3. The first-order chi connectivity index (χ1) is 19.8. The van der Waals surface area contributed by atoms with Gasteiger partial charge in [0.2, 0.25) is 0 Å². The van der Waals surface area contributed by atoms with E-state index in [1.54, 1.807) is 31.6 Å². The molecule has 0 N–H and O–H groups in total. The van der Waals surface area contributed by atoms with Gasteiger partial charge < -0.3 is 4.90 Å². The van der Waals surface area contributed by atoms with Crippen LogP contribution in [0.5, 0.6) is 0 Å². The van der Waals surface area contributed by atoms with Gasteiger partial charge in [-0.3, -0.25) is 14.9 Å². The fraction of sp³-hybridized carbons (Fsp3) is 0.406. The predicted molar refractivity (Wildman–Crippen MR) is 163 cm³/mol. The van der Waals surface area contributed by atoms with Crippen LogP contribution in [0.2, 0.25) is 0 Å². The van der Waals surface area contributed by atoms with Crippen LogP contribution >= 0.6 is 11.3 Å². The van der Waals surface area contributed by atoms with Crippen LogP contribution in [-0.2, 0) is 19.1 Å². The van der Waals surface area contributed by atoms with Crippen LogP contribution in [0.1, 0.15) is 60.7 Å². The molecule has 4 rings (SSSR count). The van der Waals surface area contributed by atoms with Crippen molar-refractivity contribution in [2.45, 2.75) is 58.7 Å². The smallest absolute Gasteiger partial charge is 0.372 e. The second kappa shape index (κ2) is 14.5. The van der Waals surface area contributed by atoms with Crippen LogP contribution in [-0.4, -0.2) is 52.2 Å². The molecule has 2 aliphatic rings. The predicted octanol–water partition coefficient (Wildman–Crippen LogP) is 7.87. The number of likely N-dealkylation sites (N-methyl/N-ethyl adjacent to an activating group) is 1. The number of pyridine rings is 1. The summed E-state index contributed by atoms with van der Waals surface area (Å²) in [5.74, 6) is 0. The van der Waals surface area contributed by atoms with Gasteiger partial charge in [0.15, 0.2) is 5.69 Å². The van der Waals surface area contributed by atoms with E-state index in [0.717, 1.165) is 72.6 Å². The van der Waals surface area contributed by atoms with Crippen LogP contribution in [0.3, 0.4) is 0 Å². The normalized spacial score (nSPS) is 17.0. The van der Waals surface area contributed by atoms with Crippen molar-refractivity contribution >= 4 is 23.2 Å². The topological polar surface area (TPSA) is 44.6 Å². The molecule has 0 aromatic carbocycles. The van der Waals surface area contributed by atoms with Crippen molar-refractivity contribution in [1.82, 2.24) is 19.8 Å². The summed E-state index contributed by atoms with van der Waals surface area (Å²) in [4.78, 5) is 17.5. The van der Waals surface area contributed by atoms with E-state index in [1.165, 1.54) is 6.42 Å². The van der Waals surface area contributed by atoms with E-state index in [1.807, 2.05) is 30.4 Å². The number of allylic oxidation sites excluding steroid dienone is 5. The Hall–Kier alpha value is -3.30. The minimum absolute atomic E-state index is 0.157. The molecule has 0 amide bonds. The Morgan fingerprint density at radius 1 is 1.20 bits per heavy atom. The quantitative estimate of drug-likeness (QED) is 0.200. The van der Waals surface area contributed by atoms with Crippen molar-refractivity contribution < 1.29 is 13.2 Å². The molecule has 0 unspecified atom stereocenters. The molecule has 5 nitrogen and oxygen atoms in total. The van der Waals surface area contributed by atoms with E-state index in [0.29, 0.717) is 18.8 Å². The lowest BCUT2D eigenvalue weighted by atomic mass is 10.1. The standard InChI is InChI=1S/C32H38F3N5S/c1-4-26(23-39(6-3)22-24-14-16-36-17-15-24)29(37-5-2)31-38-30(32(33,34)35)28(41-31)21-25-12-8-9-13-27(20-25)40-18-10-7-11-19-40/h4-5,8,12-17,20H,1,6-7,9-11,18-19,21-23H2,2-3H3/b29-26+,37-5?. The monoisotopic (exact) mass is 581 g/mol. The van der Waals surface area contributed by atoms with E-state index in [9.17, 15) is 13.2 Å². The summed E-state index contributed by atoms with van der Waals surface area (Å²) in [5.41, 5.74) is 3.37. The van der Waals surface area contributed by atoms with Crippen LogP contribution in [0.4, 0.5) is 13.2 Å². The van der Waals surface area contributed by atoms with Crippen LogP contribution < -0.4 is 0 Å². The van der Waals surface area contributed by atoms with E-state index >= 15 is 0 Å². The molecule has 218 valence electrons. The second-order valence-electron chi connectivity index (χ2n) is 10.1. The van der Waals surface area contributed by atoms with Gasteiger partial charge in [-0.25, -0.2) is 4.98 Å². The van der Waals surface area contributed by atoms with Gasteiger partial charge >= 0.3 is 6.18 Å². The van der Waals surface area contributed by atoms with Crippen molar-refractivity contribution in [1.29, 1.82) is 0 Å². The number of alkyl halides is 3. The fourth-order valence-electron chi connectivity index (χ4n) is 5.07. The molecule has 9 heteroatoms. The Labute approximate surface area is 245 Å². The first kappa shape index (κ1) is 30.7. The van der Waals surface area contributed by atoms with Gasteiger partial charge in [-0.05, 0) is 74.1 Å². The summed E-state index contributed by atoms with van der Waals surface area (Å²) in [7, 11) is 0. The maximum absolute atomic E-state index is 14.3. The molecule has 0 atom stereocenters. The Morgan fingerprint density at radius 2 is 1.95 bits per heavy atom. The first-order valence-electron chi connectivity index (χ1n) is 14.2. The van der Waals surface area contributed by atoms with Crippen LogP contribution in [0.25, 0.3) is 5.70 Å². The third-order valence-corrected chi connectivity index (χ3v) is 8.25. The summed E-state index contributed by atoms with van der Waals surface area (Å²) in [5, 5.41) is 0.255. The molecular formula is C32H38F3N5S. The summed E-state index contributed by atoms with van der Waals surface area (Å²) in [6, 6.07) is 3.91.